The van der Waals surface area contributed by atoms with Gasteiger partial charge in [0.1, 0.15) is 0 Å². The van der Waals surface area contributed by atoms with Gasteiger partial charge in [-0.25, -0.2) is 0 Å². The second kappa shape index (κ2) is 2.92. The van der Waals surface area contributed by atoms with Gasteiger partial charge in [-0.3, -0.25) is 0 Å². The quantitative estimate of drug-likeness (QED) is 0.525. The molecule has 0 bridgehead atoms. The number of aliphatic hydroxyl groups is 1. The van der Waals surface area contributed by atoms with Crippen LogP contribution in [0, 0.1) is 0 Å². The molecule has 0 atom stereocenters. The zero-order valence-corrected chi connectivity index (χ0v) is 4.99. The Morgan fingerprint density at radius 3 is 2.44 bits per heavy atom. The summed E-state index contributed by atoms with van der Waals surface area (Å²) in [5, 5.41) is 8.25. The average molecular weight is 120 g/mol. The molecule has 0 radical (unpaired) electrons. The summed E-state index contributed by atoms with van der Waals surface area (Å²) >= 11 is 0. The summed E-state index contributed by atoms with van der Waals surface area (Å²) in [5.74, 6) is 0. The van der Waals surface area contributed by atoms with Crippen LogP contribution >= 0.6 is 0 Å². The lowest BCUT2D eigenvalue weighted by Gasteiger charge is -1.80. The molecule has 1 heteroatoms. The van der Waals surface area contributed by atoms with E-state index in [2.05, 4.69) is 0 Å². The Balaban J connectivity index is 2.62. The van der Waals surface area contributed by atoms with Crippen molar-refractivity contribution >= 4 is 0 Å². The zero-order valence-electron chi connectivity index (χ0n) is 4.99. The monoisotopic (exact) mass is 120 g/mol. The van der Waals surface area contributed by atoms with Gasteiger partial charge in [-0.05, 0) is 11.6 Å². The minimum Gasteiger partial charge on any atom is -0.516 e. The highest BCUT2D eigenvalue weighted by atomic mass is 16.2. The second-order valence-corrected chi connectivity index (χ2v) is 1.73. The van der Waals surface area contributed by atoms with Gasteiger partial charge in [0.2, 0.25) is 0 Å². The molecule has 1 nitrogen and oxygen atoms in total. The van der Waals surface area contributed by atoms with E-state index in [4.69, 9.17) is 5.11 Å². The van der Waals surface area contributed by atoms with Crippen LogP contribution in [0.25, 0.3) is 0 Å². The lowest BCUT2D eigenvalue weighted by atomic mass is 10.3. The third-order valence-corrected chi connectivity index (χ3v) is 1.06. The van der Waals surface area contributed by atoms with Crippen molar-refractivity contribution < 1.29 is 5.11 Å². The maximum Gasteiger partial charge on any atom is 0.0791 e. The first kappa shape index (κ1) is 5.89. The first-order valence-corrected chi connectivity index (χ1v) is 2.79. The van der Waals surface area contributed by atoms with Crippen LogP contribution < -0.4 is 0 Å². The van der Waals surface area contributed by atoms with Crippen molar-refractivity contribution in [2.45, 2.75) is 0 Å². The van der Waals surface area contributed by atoms with Gasteiger partial charge < -0.3 is 5.11 Å². The molecular formula is C8H8O. The number of allylic oxidation sites excluding steroid dienone is 7. The molecule has 0 saturated carbocycles. The van der Waals surface area contributed by atoms with E-state index in [1.807, 2.05) is 30.4 Å². The molecule has 0 amide bonds. The summed E-state index contributed by atoms with van der Waals surface area (Å²) in [5.41, 5.74) is 1.11. The molecule has 0 unspecified atom stereocenters. The highest BCUT2D eigenvalue weighted by Crippen LogP contribution is 2.05. The number of rotatable bonds is 1. The summed E-state index contributed by atoms with van der Waals surface area (Å²) in [6.45, 7) is 0. The van der Waals surface area contributed by atoms with Crippen LogP contribution in [0.4, 0.5) is 0 Å². The smallest absolute Gasteiger partial charge is 0.0791 e. The zero-order chi connectivity index (χ0) is 6.53. The van der Waals surface area contributed by atoms with Gasteiger partial charge in [-0.15, -0.1) is 0 Å². The van der Waals surface area contributed by atoms with Crippen LogP contribution in [0.2, 0.25) is 0 Å². The van der Waals surface area contributed by atoms with E-state index >= 15 is 0 Å². The topological polar surface area (TPSA) is 20.2 Å². The number of hydrogen-bond donors (Lipinski definition) is 1. The molecular weight excluding hydrogens is 112 g/mol. The molecule has 1 N–H and O–H groups in total. The van der Waals surface area contributed by atoms with Gasteiger partial charge in [0.15, 0.2) is 0 Å². The SMILES string of the molecule is OC=CC=C1C=CC=C1. The van der Waals surface area contributed by atoms with Gasteiger partial charge in [-0.2, -0.15) is 0 Å². The van der Waals surface area contributed by atoms with E-state index in [0.29, 0.717) is 0 Å². The second-order valence-electron chi connectivity index (χ2n) is 1.73. The Labute approximate surface area is 54.3 Å². The highest BCUT2D eigenvalue weighted by Gasteiger charge is 1.85. The molecule has 0 fully saturated rings. The summed E-state index contributed by atoms with van der Waals surface area (Å²) in [7, 11) is 0. The first-order valence-electron chi connectivity index (χ1n) is 2.79. The Kier molecular flexibility index (Phi) is 1.91. The molecule has 0 spiro atoms. The summed E-state index contributed by atoms with van der Waals surface area (Å²) in [4.78, 5) is 0. The molecule has 0 aliphatic heterocycles. The standard InChI is InChI=1S/C8H8O/c9-7-3-6-8-4-1-2-5-8/h1-7,9H. The largest absolute Gasteiger partial charge is 0.516 e. The van der Waals surface area contributed by atoms with Crippen LogP contribution in [0.1, 0.15) is 0 Å². The third kappa shape index (κ3) is 1.61. The van der Waals surface area contributed by atoms with Crippen molar-refractivity contribution in [1.82, 2.24) is 0 Å². The van der Waals surface area contributed by atoms with Crippen LogP contribution in [-0.4, -0.2) is 5.11 Å². The molecule has 1 aliphatic carbocycles. The average Bonchev–Trinajstić information content (AvgIpc) is 2.34. The Morgan fingerprint density at radius 2 is 1.89 bits per heavy atom. The van der Waals surface area contributed by atoms with E-state index in [9.17, 15) is 0 Å². The normalized spacial score (nSPS) is 15.8. The van der Waals surface area contributed by atoms with Crippen molar-refractivity contribution in [1.29, 1.82) is 0 Å². The lowest BCUT2D eigenvalue weighted by Crippen LogP contribution is -1.61. The van der Waals surface area contributed by atoms with Gasteiger partial charge >= 0.3 is 0 Å². The number of hydrogen-bond acceptors (Lipinski definition) is 1. The van der Waals surface area contributed by atoms with E-state index in [-0.39, 0.29) is 0 Å². The molecule has 0 aromatic carbocycles. The Morgan fingerprint density at radius 1 is 1.22 bits per heavy atom. The maximum atomic E-state index is 8.25. The van der Waals surface area contributed by atoms with Crippen molar-refractivity contribution in [3.63, 3.8) is 0 Å². The van der Waals surface area contributed by atoms with Crippen molar-refractivity contribution in [2.24, 2.45) is 0 Å². The fraction of sp³-hybridized carbons (Fsp3) is 0. The van der Waals surface area contributed by atoms with Crippen LogP contribution in [0.3, 0.4) is 0 Å². The minimum atomic E-state index is 1.02. The van der Waals surface area contributed by atoms with Crippen LogP contribution in [-0.2, 0) is 0 Å². The summed E-state index contributed by atoms with van der Waals surface area (Å²) in [6.07, 6.45) is 12.3. The van der Waals surface area contributed by atoms with Gasteiger partial charge in [-0.1, -0.05) is 30.4 Å². The Hall–Kier alpha value is -1.24. The van der Waals surface area contributed by atoms with Crippen LogP contribution in [0.5, 0.6) is 0 Å². The van der Waals surface area contributed by atoms with E-state index in [1.165, 1.54) is 0 Å². The van der Waals surface area contributed by atoms with Crippen molar-refractivity contribution in [3.05, 3.63) is 48.3 Å². The summed E-state index contributed by atoms with van der Waals surface area (Å²) < 4.78 is 0. The predicted octanol–water partition coefficient (Wildman–Crippen LogP) is 2.11. The third-order valence-electron chi connectivity index (χ3n) is 1.06. The molecule has 0 heterocycles. The van der Waals surface area contributed by atoms with Crippen molar-refractivity contribution in [3.8, 4) is 0 Å². The molecule has 1 aliphatic rings. The molecule has 0 aromatic heterocycles. The summed E-state index contributed by atoms with van der Waals surface area (Å²) in [6, 6.07) is 0. The first-order chi connectivity index (χ1) is 4.43. The molecule has 9 heavy (non-hydrogen) atoms. The molecule has 1 rings (SSSR count). The van der Waals surface area contributed by atoms with Gasteiger partial charge in [0.05, 0.1) is 6.26 Å². The van der Waals surface area contributed by atoms with Gasteiger partial charge in [0.25, 0.3) is 0 Å². The fourth-order valence-electron chi connectivity index (χ4n) is 0.654. The number of aliphatic hydroxyl groups excluding tert-OH is 1. The van der Waals surface area contributed by atoms with Crippen molar-refractivity contribution in [2.75, 3.05) is 0 Å². The Bertz CT molecular complexity index is 181. The van der Waals surface area contributed by atoms with E-state index in [1.54, 1.807) is 6.08 Å². The van der Waals surface area contributed by atoms with E-state index in [0.717, 1.165) is 11.8 Å². The van der Waals surface area contributed by atoms with E-state index < -0.39 is 0 Å². The maximum absolute atomic E-state index is 8.25. The molecule has 46 valence electrons. The highest BCUT2D eigenvalue weighted by molar-refractivity contribution is 5.41. The lowest BCUT2D eigenvalue weighted by molar-refractivity contribution is 0.473. The molecule has 0 aromatic rings. The van der Waals surface area contributed by atoms with Crippen LogP contribution in [0.15, 0.2) is 48.3 Å². The van der Waals surface area contributed by atoms with Gasteiger partial charge in [0, 0.05) is 0 Å². The fourth-order valence-corrected chi connectivity index (χ4v) is 0.654. The molecule has 0 saturated heterocycles. The predicted molar refractivity (Wildman–Crippen MR) is 38.1 cm³/mol. The minimum absolute atomic E-state index is 1.02.